The van der Waals surface area contributed by atoms with Crippen molar-refractivity contribution in [3.05, 3.63) is 0 Å². The molecule has 1 aliphatic carbocycles. The van der Waals surface area contributed by atoms with Crippen molar-refractivity contribution < 1.29 is 0 Å². The van der Waals surface area contributed by atoms with Gasteiger partial charge in [0.1, 0.15) is 0 Å². The van der Waals surface area contributed by atoms with Gasteiger partial charge in [-0.1, -0.05) is 6.42 Å². The number of nitrogens with zero attached hydrogens (tertiary/aromatic N) is 1. The third-order valence-corrected chi connectivity index (χ3v) is 3.20. The van der Waals surface area contributed by atoms with Crippen molar-refractivity contribution in [3.63, 3.8) is 0 Å². The fourth-order valence-corrected chi connectivity index (χ4v) is 2.51. The van der Waals surface area contributed by atoms with Crippen LogP contribution in [0.2, 0.25) is 0 Å². The van der Waals surface area contributed by atoms with Gasteiger partial charge in [0.05, 0.1) is 5.84 Å². The number of fused-ring (bicyclic) bond motifs is 1. The molecule has 0 spiro atoms. The SMILES string of the molecule is CC(=N)N1CC2CCCC2C1. The summed E-state index contributed by atoms with van der Waals surface area (Å²) in [5.41, 5.74) is 0. The Morgan fingerprint density at radius 2 is 1.82 bits per heavy atom. The standard InChI is InChI=1S/C9H16N2/c1-7(10)11-5-8-3-2-4-9(8)6-11/h8-10H,2-6H2,1H3. The largest absolute Gasteiger partial charge is 0.360 e. The van der Waals surface area contributed by atoms with Gasteiger partial charge in [-0.25, -0.2) is 0 Å². The summed E-state index contributed by atoms with van der Waals surface area (Å²) in [5, 5.41) is 7.50. The quantitative estimate of drug-likeness (QED) is 0.415. The third kappa shape index (κ3) is 1.15. The highest BCUT2D eigenvalue weighted by molar-refractivity contribution is 5.76. The predicted molar refractivity (Wildman–Crippen MR) is 45.8 cm³/mol. The van der Waals surface area contributed by atoms with Gasteiger partial charge >= 0.3 is 0 Å². The maximum absolute atomic E-state index is 7.50. The van der Waals surface area contributed by atoms with Gasteiger partial charge in [0.15, 0.2) is 0 Å². The smallest absolute Gasteiger partial charge is 0.0926 e. The lowest BCUT2D eigenvalue weighted by Crippen LogP contribution is -2.26. The first kappa shape index (κ1) is 7.14. The molecule has 1 heterocycles. The van der Waals surface area contributed by atoms with Gasteiger partial charge in [0.2, 0.25) is 0 Å². The van der Waals surface area contributed by atoms with Crippen LogP contribution in [0, 0.1) is 17.2 Å². The fourth-order valence-electron chi connectivity index (χ4n) is 2.51. The molecule has 0 aromatic rings. The minimum absolute atomic E-state index is 0.763. The molecule has 2 heteroatoms. The Bertz CT molecular complexity index is 164. The highest BCUT2D eigenvalue weighted by Crippen LogP contribution is 2.37. The van der Waals surface area contributed by atoms with E-state index in [4.69, 9.17) is 5.41 Å². The Labute approximate surface area is 68.1 Å². The van der Waals surface area contributed by atoms with E-state index in [0.29, 0.717) is 0 Å². The minimum atomic E-state index is 0.763. The molecule has 2 unspecified atom stereocenters. The number of likely N-dealkylation sites (tertiary alicyclic amines) is 1. The van der Waals surface area contributed by atoms with Crippen molar-refractivity contribution in [1.82, 2.24) is 4.90 Å². The molecule has 0 bridgehead atoms. The van der Waals surface area contributed by atoms with E-state index in [1.54, 1.807) is 0 Å². The summed E-state index contributed by atoms with van der Waals surface area (Å²) in [6.45, 7) is 4.24. The predicted octanol–water partition coefficient (Wildman–Crippen LogP) is 1.72. The summed E-state index contributed by atoms with van der Waals surface area (Å²) >= 11 is 0. The van der Waals surface area contributed by atoms with Crippen LogP contribution in [0.15, 0.2) is 0 Å². The van der Waals surface area contributed by atoms with E-state index in [0.717, 1.165) is 17.7 Å². The molecule has 2 fully saturated rings. The van der Waals surface area contributed by atoms with Gasteiger partial charge in [0, 0.05) is 13.1 Å². The zero-order chi connectivity index (χ0) is 7.84. The van der Waals surface area contributed by atoms with Crippen LogP contribution in [0.3, 0.4) is 0 Å². The molecule has 0 aromatic heterocycles. The van der Waals surface area contributed by atoms with Crippen molar-refractivity contribution in [2.45, 2.75) is 26.2 Å². The van der Waals surface area contributed by atoms with Crippen LogP contribution in [-0.4, -0.2) is 23.8 Å². The molecule has 2 nitrogen and oxygen atoms in total. The maximum Gasteiger partial charge on any atom is 0.0926 e. The Balaban J connectivity index is 1.99. The molecule has 2 atom stereocenters. The lowest BCUT2D eigenvalue weighted by Gasteiger charge is -2.16. The number of hydrogen-bond donors (Lipinski definition) is 1. The summed E-state index contributed by atoms with van der Waals surface area (Å²) in [6.07, 6.45) is 4.25. The lowest BCUT2D eigenvalue weighted by atomic mass is 10.0. The van der Waals surface area contributed by atoms with E-state index >= 15 is 0 Å². The van der Waals surface area contributed by atoms with Gasteiger partial charge < -0.3 is 4.90 Å². The highest BCUT2D eigenvalue weighted by atomic mass is 15.2. The molecule has 0 aromatic carbocycles. The Morgan fingerprint density at radius 1 is 1.27 bits per heavy atom. The topological polar surface area (TPSA) is 27.1 Å². The second-order valence-electron chi connectivity index (χ2n) is 3.94. The summed E-state index contributed by atoms with van der Waals surface area (Å²) in [5.74, 6) is 2.62. The van der Waals surface area contributed by atoms with Crippen LogP contribution >= 0.6 is 0 Å². The first-order chi connectivity index (χ1) is 5.27. The molecule has 2 rings (SSSR count). The van der Waals surface area contributed by atoms with E-state index in [9.17, 15) is 0 Å². The van der Waals surface area contributed by atoms with Crippen molar-refractivity contribution in [2.24, 2.45) is 11.8 Å². The van der Waals surface area contributed by atoms with E-state index in [2.05, 4.69) is 4.90 Å². The van der Waals surface area contributed by atoms with Gasteiger partial charge in [-0.05, 0) is 31.6 Å². The molecule has 62 valence electrons. The minimum Gasteiger partial charge on any atom is -0.360 e. The Hall–Kier alpha value is -0.530. The molecule has 1 saturated carbocycles. The van der Waals surface area contributed by atoms with Gasteiger partial charge in [-0.3, -0.25) is 5.41 Å². The Morgan fingerprint density at radius 3 is 2.27 bits per heavy atom. The first-order valence-electron chi connectivity index (χ1n) is 4.57. The summed E-state index contributed by atoms with van der Waals surface area (Å²) in [4.78, 5) is 2.23. The number of rotatable bonds is 0. The third-order valence-electron chi connectivity index (χ3n) is 3.20. The van der Waals surface area contributed by atoms with Gasteiger partial charge in [-0.15, -0.1) is 0 Å². The van der Waals surface area contributed by atoms with E-state index in [1.807, 2.05) is 6.92 Å². The highest BCUT2D eigenvalue weighted by Gasteiger charge is 2.35. The molecular formula is C9H16N2. The molecule has 1 N–H and O–H groups in total. The summed E-state index contributed by atoms with van der Waals surface area (Å²) in [7, 11) is 0. The van der Waals surface area contributed by atoms with E-state index in [-0.39, 0.29) is 0 Å². The van der Waals surface area contributed by atoms with Crippen molar-refractivity contribution in [2.75, 3.05) is 13.1 Å². The number of nitrogens with one attached hydrogen (secondary N) is 1. The molecule has 1 saturated heterocycles. The molecule has 11 heavy (non-hydrogen) atoms. The normalized spacial score (nSPS) is 35.9. The Kier molecular flexibility index (Phi) is 1.63. The summed E-state index contributed by atoms with van der Waals surface area (Å²) < 4.78 is 0. The average Bonchev–Trinajstić information content (AvgIpc) is 2.40. The van der Waals surface area contributed by atoms with Crippen LogP contribution in [0.25, 0.3) is 0 Å². The maximum atomic E-state index is 7.50. The zero-order valence-corrected chi connectivity index (χ0v) is 7.14. The first-order valence-corrected chi connectivity index (χ1v) is 4.57. The van der Waals surface area contributed by atoms with Crippen LogP contribution < -0.4 is 0 Å². The van der Waals surface area contributed by atoms with Crippen molar-refractivity contribution in [1.29, 1.82) is 5.41 Å². The molecule has 2 aliphatic rings. The zero-order valence-electron chi connectivity index (χ0n) is 7.14. The fraction of sp³-hybridized carbons (Fsp3) is 0.889. The monoisotopic (exact) mass is 152 g/mol. The average molecular weight is 152 g/mol. The van der Waals surface area contributed by atoms with Gasteiger partial charge in [-0.2, -0.15) is 0 Å². The van der Waals surface area contributed by atoms with Crippen LogP contribution in [0.4, 0.5) is 0 Å². The van der Waals surface area contributed by atoms with Gasteiger partial charge in [0.25, 0.3) is 0 Å². The summed E-state index contributed by atoms with van der Waals surface area (Å²) in [6, 6.07) is 0. The molecule has 1 aliphatic heterocycles. The van der Waals surface area contributed by atoms with Crippen LogP contribution in [0.1, 0.15) is 26.2 Å². The number of hydrogen-bond acceptors (Lipinski definition) is 1. The van der Waals surface area contributed by atoms with E-state index < -0.39 is 0 Å². The van der Waals surface area contributed by atoms with Crippen molar-refractivity contribution in [3.8, 4) is 0 Å². The molecule has 0 amide bonds. The number of amidine groups is 1. The van der Waals surface area contributed by atoms with E-state index in [1.165, 1.54) is 32.4 Å². The lowest BCUT2D eigenvalue weighted by molar-refractivity contribution is 0.459. The van der Waals surface area contributed by atoms with Crippen LogP contribution in [-0.2, 0) is 0 Å². The van der Waals surface area contributed by atoms with Crippen molar-refractivity contribution >= 4 is 5.84 Å². The van der Waals surface area contributed by atoms with Crippen LogP contribution in [0.5, 0.6) is 0 Å². The molecular weight excluding hydrogens is 136 g/mol. The molecule has 0 radical (unpaired) electrons. The second kappa shape index (κ2) is 2.50. The second-order valence-corrected chi connectivity index (χ2v) is 3.94.